The number of carbonyl (C=O) groups excluding carboxylic acids is 1. The van der Waals surface area contributed by atoms with E-state index in [0.29, 0.717) is 17.4 Å². The maximum Gasteiger partial charge on any atom is 0.219 e. The van der Waals surface area contributed by atoms with Gasteiger partial charge >= 0.3 is 0 Å². The van der Waals surface area contributed by atoms with Gasteiger partial charge in [-0.15, -0.1) is 0 Å². The molecular weight excluding hydrogens is 324 g/mol. The van der Waals surface area contributed by atoms with Crippen LogP contribution in [0.3, 0.4) is 0 Å². The highest BCUT2D eigenvalue weighted by Gasteiger charge is 2.49. The van der Waals surface area contributed by atoms with Gasteiger partial charge in [-0.3, -0.25) is 4.79 Å². The first-order valence-electron chi connectivity index (χ1n) is 9.03. The van der Waals surface area contributed by atoms with Crippen molar-refractivity contribution in [3.8, 4) is 6.07 Å². The second-order valence-corrected chi connectivity index (χ2v) is 7.29. The summed E-state index contributed by atoms with van der Waals surface area (Å²) in [7, 11) is 0. The fourth-order valence-electron chi connectivity index (χ4n) is 4.60. The largest absolute Gasteiger partial charge is 0.355 e. The Morgan fingerprint density at radius 2 is 2.00 bits per heavy atom. The second kappa shape index (κ2) is 6.45. The number of aryl methyl sites for hydroxylation is 1. The van der Waals surface area contributed by atoms with Gasteiger partial charge in [0.05, 0.1) is 11.6 Å². The van der Waals surface area contributed by atoms with E-state index in [4.69, 9.17) is 0 Å². The lowest BCUT2D eigenvalue weighted by Gasteiger charge is -2.30. The van der Waals surface area contributed by atoms with Gasteiger partial charge < -0.3 is 9.80 Å². The SMILES string of the molecule is CC(=O)N1C[C@H]2CN(c3ncccc3C#N)C[C@H]2[C@H]1c1ccccc1C. The third kappa shape index (κ3) is 2.62. The van der Waals surface area contributed by atoms with Gasteiger partial charge in [0.25, 0.3) is 0 Å². The molecule has 2 aliphatic heterocycles. The van der Waals surface area contributed by atoms with Crippen LogP contribution in [0.1, 0.15) is 29.7 Å². The molecule has 0 spiro atoms. The topological polar surface area (TPSA) is 60.2 Å². The van der Waals surface area contributed by atoms with Crippen molar-refractivity contribution in [3.05, 3.63) is 59.3 Å². The van der Waals surface area contributed by atoms with Gasteiger partial charge in [0.1, 0.15) is 11.9 Å². The summed E-state index contributed by atoms with van der Waals surface area (Å²) in [5, 5.41) is 9.39. The molecule has 3 heterocycles. The van der Waals surface area contributed by atoms with Crippen LogP contribution >= 0.6 is 0 Å². The molecule has 0 N–H and O–H groups in total. The number of aromatic nitrogens is 1. The number of hydrogen-bond acceptors (Lipinski definition) is 4. The maximum absolute atomic E-state index is 12.3. The number of carbonyl (C=O) groups is 1. The zero-order chi connectivity index (χ0) is 18.3. The van der Waals surface area contributed by atoms with Crippen LogP contribution in [0, 0.1) is 30.1 Å². The van der Waals surface area contributed by atoms with E-state index in [2.05, 4.69) is 35.0 Å². The first-order valence-corrected chi connectivity index (χ1v) is 9.03. The Morgan fingerprint density at radius 1 is 1.19 bits per heavy atom. The number of rotatable bonds is 2. The number of fused-ring (bicyclic) bond motifs is 1. The summed E-state index contributed by atoms with van der Waals surface area (Å²) in [5.41, 5.74) is 3.07. The molecule has 2 fully saturated rings. The van der Waals surface area contributed by atoms with Gasteiger partial charge in [-0.05, 0) is 30.2 Å². The molecule has 2 aromatic rings. The molecule has 1 aromatic heterocycles. The predicted octanol–water partition coefficient (Wildman–Crippen LogP) is 2.92. The molecule has 26 heavy (non-hydrogen) atoms. The van der Waals surface area contributed by atoms with Crippen LogP contribution in [0.4, 0.5) is 5.82 Å². The van der Waals surface area contributed by atoms with Crippen molar-refractivity contribution in [1.29, 1.82) is 5.26 Å². The number of nitrogens with zero attached hydrogens (tertiary/aromatic N) is 4. The minimum atomic E-state index is 0.0953. The average molecular weight is 346 g/mol. The molecule has 0 saturated carbocycles. The first kappa shape index (κ1) is 16.6. The number of pyridine rings is 1. The average Bonchev–Trinajstić information content (AvgIpc) is 3.20. The lowest BCUT2D eigenvalue weighted by Crippen LogP contribution is -2.35. The summed E-state index contributed by atoms with van der Waals surface area (Å²) in [6, 6.07) is 14.3. The number of likely N-dealkylation sites (tertiary alicyclic amines) is 1. The van der Waals surface area contributed by atoms with E-state index in [1.165, 1.54) is 11.1 Å². The minimum Gasteiger partial charge on any atom is -0.355 e. The number of nitriles is 1. The molecule has 132 valence electrons. The Kier molecular flexibility index (Phi) is 4.12. The van der Waals surface area contributed by atoms with Crippen molar-refractivity contribution >= 4 is 11.7 Å². The summed E-state index contributed by atoms with van der Waals surface area (Å²) in [5.74, 6) is 1.66. The molecule has 4 rings (SSSR count). The van der Waals surface area contributed by atoms with E-state index < -0.39 is 0 Å². The Labute approximate surface area is 153 Å². The molecule has 1 amide bonds. The van der Waals surface area contributed by atoms with Crippen molar-refractivity contribution < 1.29 is 4.79 Å². The predicted molar refractivity (Wildman–Crippen MR) is 99.5 cm³/mol. The molecule has 0 aliphatic carbocycles. The third-order valence-corrected chi connectivity index (χ3v) is 5.78. The fourth-order valence-corrected chi connectivity index (χ4v) is 4.60. The smallest absolute Gasteiger partial charge is 0.219 e. The van der Waals surface area contributed by atoms with Crippen molar-refractivity contribution in [2.75, 3.05) is 24.5 Å². The Morgan fingerprint density at radius 3 is 2.73 bits per heavy atom. The van der Waals surface area contributed by atoms with Gasteiger partial charge in [-0.1, -0.05) is 24.3 Å². The molecule has 0 radical (unpaired) electrons. The fraction of sp³-hybridized carbons (Fsp3) is 0.381. The van der Waals surface area contributed by atoms with E-state index in [1.54, 1.807) is 19.2 Å². The van der Waals surface area contributed by atoms with E-state index in [9.17, 15) is 10.1 Å². The van der Waals surface area contributed by atoms with Gasteiger partial charge in [-0.2, -0.15) is 5.26 Å². The molecule has 2 saturated heterocycles. The minimum absolute atomic E-state index is 0.0953. The van der Waals surface area contributed by atoms with Gasteiger partial charge in [0.15, 0.2) is 0 Å². The van der Waals surface area contributed by atoms with Crippen LogP contribution in [0.5, 0.6) is 0 Å². The Balaban J connectivity index is 1.68. The summed E-state index contributed by atoms with van der Waals surface area (Å²) in [4.78, 5) is 21.0. The highest BCUT2D eigenvalue weighted by Crippen LogP contribution is 2.46. The Bertz CT molecular complexity index is 888. The van der Waals surface area contributed by atoms with Crippen LogP contribution < -0.4 is 4.90 Å². The Hall–Kier alpha value is -2.87. The van der Waals surface area contributed by atoms with Crippen LogP contribution in [-0.2, 0) is 4.79 Å². The van der Waals surface area contributed by atoms with E-state index in [1.807, 2.05) is 23.1 Å². The van der Waals surface area contributed by atoms with E-state index in [-0.39, 0.29) is 11.9 Å². The zero-order valence-corrected chi connectivity index (χ0v) is 15.1. The van der Waals surface area contributed by atoms with Crippen molar-refractivity contribution in [2.24, 2.45) is 11.8 Å². The molecule has 3 atom stereocenters. The highest BCUT2D eigenvalue weighted by atomic mass is 16.2. The normalized spacial score (nSPS) is 24.4. The van der Waals surface area contributed by atoms with Crippen LogP contribution in [0.15, 0.2) is 42.6 Å². The number of amides is 1. The van der Waals surface area contributed by atoms with Crippen LogP contribution in [0.25, 0.3) is 0 Å². The van der Waals surface area contributed by atoms with E-state index in [0.717, 1.165) is 25.5 Å². The maximum atomic E-state index is 12.3. The van der Waals surface area contributed by atoms with Gasteiger partial charge in [-0.25, -0.2) is 4.98 Å². The lowest BCUT2D eigenvalue weighted by molar-refractivity contribution is -0.130. The summed E-state index contributed by atoms with van der Waals surface area (Å²) in [6.07, 6.45) is 1.74. The van der Waals surface area contributed by atoms with Gasteiger partial charge in [0.2, 0.25) is 5.91 Å². The molecular formula is C21H22N4O. The standard InChI is InChI=1S/C21H22N4O/c1-14-6-3-4-8-18(14)20-19-13-24(11-17(19)12-25(20)15(2)26)21-16(10-22)7-5-9-23-21/h3-9,17,19-20H,11-13H2,1-2H3/t17-,19-,20-/m1/s1. The number of benzene rings is 1. The summed E-state index contributed by atoms with van der Waals surface area (Å²) < 4.78 is 0. The second-order valence-electron chi connectivity index (χ2n) is 7.29. The summed E-state index contributed by atoms with van der Waals surface area (Å²) >= 11 is 0. The molecule has 0 bridgehead atoms. The summed E-state index contributed by atoms with van der Waals surface area (Å²) in [6.45, 7) is 6.20. The number of hydrogen-bond donors (Lipinski definition) is 0. The molecule has 5 heteroatoms. The number of anilines is 1. The van der Waals surface area contributed by atoms with Crippen molar-refractivity contribution in [2.45, 2.75) is 19.9 Å². The quantitative estimate of drug-likeness (QED) is 0.839. The molecule has 0 unspecified atom stereocenters. The first-order chi connectivity index (χ1) is 12.6. The van der Waals surface area contributed by atoms with Gasteiger partial charge in [0, 0.05) is 44.6 Å². The molecule has 5 nitrogen and oxygen atoms in total. The molecule has 2 aliphatic rings. The van der Waals surface area contributed by atoms with E-state index >= 15 is 0 Å². The van der Waals surface area contributed by atoms with Crippen LogP contribution in [0.2, 0.25) is 0 Å². The van der Waals surface area contributed by atoms with Crippen molar-refractivity contribution in [3.63, 3.8) is 0 Å². The monoisotopic (exact) mass is 346 g/mol. The highest BCUT2D eigenvalue weighted by molar-refractivity contribution is 5.74. The van der Waals surface area contributed by atoms with Crippen LogP contribution in [-0.4, -0.2) is 35.4 Å². The third-order valence-electron chi connectivity index (χ3n) is 5.78. The molecule has 1 aromatic carbocycles. The zero-order valence-electron chi connectivity index (χ0n) is 15.1. The van der Waals surface area contributed by atoms with Crippen molar-refractivity contribution in [1.82, 2.24) is 9.88 Å². The lowest BCUT2D eigenvalue weighted by atomic mass is 9.87.